The smallest absolute Gasteiger partial charge is 0.283 e. The standard InChI is InChI=1S/C22H15ClN6O3/c1-12-4-3-5-16-13(2)8-19(26-20(12)16)28-21(14(10-24)11-25-28)27-22(30)17-7-6-15(23)9-18(17)29(31)32/h3-9,11H,1-2H3,(H,27,30). The maximum atomic E-state index is 12.9. The van der Waals surface area contributed by atoms with Gasteiger partial charge in [-0.3, -0.25) is 14.9 Å². The quantitative estimate of drug-likeness (QED) is 0.357. The Balaban J connectivity index is 1.82. The summed E-state index contributed by atoms with van der Waals surface area (Å²) in [5.74, 6) is -0.325. The first-order valence-electron chi connectivity index (χ1n) is 9.41. The number of aryl methyl sites for hydroxylation is 2. The molecular weight excluding hydrogens is 432 g/mol. The summed E-state index contributed by atoms with van der Waals surface area (Å²) in [5, 5.41) is 28.8. The van der Waals surface area contributed by atoms with Crippen LogP contribution in [0, 0.1) is 35.3 Å². The Kier molecular flexibility index (Phi) is 5.30. The van der Waals surface area contributed by atoms with Crippen LogP contribution in [0.4, 0.5) is 11.5 Å². The van der Waals surface area contributed by atoms with Gasteiger partial charge in [-0.05, 0) is 43.2 Å². The molecule has 2 aromatic heterocycles. The van der Waals surface area contributed by atoms with E-state index in [0.717, 1.165) is 28.1 Å². The third-order valence-corrected chi connectivity index (χ3v) is 5.21. The molecule has 0 fully saturated rings. The van der Waals surface area contributed by atoms with Gasteiger partial charge in [-0.15, -0.1) is 0 Å². The van der Waals surface area contributed by atoms with Gasteiger partial charge in [-0.1, -0.05) is 29.8 Å². The van der Waals surface area contributed by atoms with Gasteiger partial charge in [-0.25, -0.2) is 4.98 Å². The number of carbonyl (C=O) groups excluding carboxylic acids is 1. The van der Waals surface area contributed by atoms with Crippen molar-refractivity contribution < 1.29 is 9.72 Å². The molecule has 1 amide bonds. The summed E-state index contributed by atoms with van der Waals surface area (Å²) in [6, 6.07) is 13.3. The summed E-state index contributed by atoms with van der Waals surface area (Å²) in [5.41, 5.74) is 2.10. The molecule has 0 unspecified atom stereocenters. The Labute approximate surface area is 187 Å². The molecule has 0 bridgehead atoms. The van der Waals surface area contributed by atoms with Crippen molar-refractivity contribution in [1.29, 1.82) is 5.26 Å². The highest BCUT2D eigenvalue weighted by molar-refractivity contribution is 6.31. The van der Waals surface area contributed by atoms with Crippen molar-refractivity contribution in [3.05, 3.63) is 86.1 Å². The third kappa shape index (κ3) is 3.64. The van der Waals surface area contributed by atoms with Gasteiger partial charge < -0.3 is 5.32 Å². The maximum absolute atomic E-state index is 12.9. The lowest BCUT2D eigenvalue weighted by atomic mass is 10.1. The van der Waals surface area contributed by atoms with E-state index >= 15 is 0 Å². The van der Waals surface area contributed by atoms with Gasteiger partial charge in [0, 0.05) is 16.5 Å². The van der Waals surface area contributed by atoms with Crippen LogP contribution < -0.4 is 5.32 Å². The fourth-order valence-corrected chi connectivity index (χ4v) is 3.57. The van der Waals surface area contributed by atoms with E-state index in [1.54, 1.807) is 6.07 Å². The lowest BCUT2D eigenvalue weighted by Crippen LogP contribution is -2.18. The minimum absolute atomic E-state index is 0.0570. The number of nitrogens with one attached hydrogen (secondary N) is 1. The lowest BCUT2D eigenvalue weighted by Gasteiger charge is -2.12. The first-order valence-corrected chi connectivity index (χ1v) is 9.78. The highest BCUT2D eigenvalue weighted by atomic mass is 35.5. The van der Waals surface area contributed by atoms with Crippen LogP contribution in [0.2, 0.25) is 5.02 Å². The van der Waals surface area contributed by atoms with Crippen LogP contribution in [0.3, 0.4) is 0 Å². The topological polar surface area (TPSA) is 127 Å². The fourth-order valence-electron chi connectivity index (χ4n) is 3.40. The molecule has 10 heteroatoms. The van der Waals surface area contributed by atoms with E-state index in [2.05, 4.69) is 15.4 Å². The van der Waals surface area contributed by atoms with E-state index < -0.39 is 16.5 Å². The predicted molar refractivity (Wildman–Crippen MR) is 119 cm³/mol. The second-order valence-corrected chi connectivity index (χ2v) is 7.51. The van der Waals surface area contributed by atoms with Gasteiger partial charge >= 0.3 is 0 Å². The van der Waals surface area contributed by atoms with Crippen molar-refractivity contribution in [3.63, 3.8) is 0 Å². The molecule has 4 rings (SSSR count). The summed E-state index contributed by atoms with van der Waals surface area (Å²) >= 11 is 5.83. The second kappa shape index (κ2) is 8.09. The molecule has 158 valence electrons. The molecule has 32 heavy (non-hydrogen) atoms. The van der Waals surface area contributed by atoms with E-state index in [1.807, 2.05) is 38.1 Å². The zero-order valence-corrected chi connectivity index (χ0v) is 17.7. The van der Waals surface area contributed by atoms with E-state index in [9.17, 15) is 20.2 Å². The molecular formula is C22H15ClN6O3. The number of anilines is 1. The average molecular weight is 447 g/mol. The Bertz CT molecular complexity index is 1450. The number of hydrogen-bond acceptors (Lipinski definition) is 6. The number of pyridine rings is 1. The SMILES string of the molecule is Cc1cc(-n2ncc(C#N)c2NC(=O)c2ccc(Cl)cc2[N+](=O)[O-])nc2c(C)cccc12. The Hall–Kier alpha value is -4.29. The zero-order valence-electron chi connectivity index (χ0n) is 17.0. The third-order valence-electron chi connectivity index (χ3n) is 4.97. The maximum Gasteiger partial charge on any atom is 0.283 e. The number of halogens is 1. The first kappa shape index (κ1) is 21.0. The van der Waals surface area contributed by atoms with Crippen LogP contribution in [0.25, 0.3) is 16.7 Å². The molecule has 0 aliphatic heterocycles. The van der Waals surface area contributed by atoms with Crippen molar-refractivity contribution in [3.8, 4) is 11.9 Å². The molecule has 2 heterocycles. The van der Waals surface area contributed by atoms with Gasteiger partial charge in [0.25, 0.3) is 11.6 Å². The number of nitro benzene ring substituents is 1. The number of nitro groups is 1. The van der Waals surface area contributed by atoms with Gasteiger partial charge in [0.1, 0.15) is 17.2 Å². The van der Waals surface area contributed by atoms with Crippen LogP contribution >= 0.6 is 11.6 Å². The van der Waals surface area contributed by atoms with Gasteiger partial charge in [0.15, 0.2) is 11.6 Å². The summed E-state index contributed by atoms with van der Waals surface area (Å²) in [6.45, 7) is 3.86. The Morgan fingerprint density at radius 1 is 1.22 bits per heavy atom. The molecule has 2 aromatic carbocycles. The van der Waals surface area contributed by atoms with Crippen LogP contribution in [0.1, 0.15) is 27.0 Å². The summed E-state index contributed by atoms with van der Waals surface area (Å²) < 4.78 is 1.33. The molecule has 0 saturated carbocycles. The Morgan fingerprint density at radius 2 is 2.00 bits per heavy atom. The number of amides is 1. The van der Waals surface area contributed by atoms with Crippen LogP contribution in [0.15, 0.2) is 48.7 Å². The number of fused-ring (bicyclic) bond motifs is 1. The molecule has 0 aliphatic rings. The zero-order chi connectivity index (χ0) is 23.0. The number of rotatable bonds is 4. The molecule has 0 spiro atoms. The number of hydrogen-bond donors (Lipinski definition) is 1. The van der Waals surface area contributed by atoms with E-state index in [0.29, 0.717) is 5.82 Å². The predicted octanol–water partition coefficient (Wildman–Crippen LogP) is 4.72. The molecule has 0 radical (unpaired) electrons. The number of para-hydroxylation sites is 1. The van der Waals surface area contributed by atoms with Crippen LogP contribution in [-0.4, -0.2) is 25.6 Å². The van der Waals surface area contributed by atoms with Crippen molar-refractivity contribution in [2.75, 3.05) is 5.32 Å². The molecule has 1 N–H and O–H groups in total. The molecule has 9 nitrogen and oxygen atoms in total. The molecule has 0 saturated heterocycles. The minimum atomic E-state index is -0.777. The van der Waals surface area contributed by atoms with Crippen LogP contribution in [-0.2, 0) is 0 Å². The lowest BCUT2D eigenvalue weighted by molar-refractivity contribution is -0.385. The summed E-state index contributed by atoms with van der Waals surface area (Å²) in [4.78, 5) is 28.2. The largest absolute Gasteiger partial charge is 0.305 e. The van der Waals surface area contributed by atoms with Gasteiger partial charge in [-0.2, -0.15) is 15.0 Å². The summed E-state index contributed by atoms with van der Waals surface area (Å²) in [7, 11) is 0. The number of nitriles is 1. The normalized spacial score (nSPS) is 10.7. The molecule has 4 aromatic rings. The average Bonchev–Trinajstić information content (AvgIpc) is 3.16. The monoisotopic (exact) mass is 446 g/mol. The van der Waals surface area contributed by atoms with Crippen LogP contribution in [0.5, 0.6) is 0 Å². The summed E-state index contributed by atoms with van der Waals surface area (Å²) in [6.07, 6.45) is 1.30. The molecule has 0 aliphatic carbocycles. The highest BCUT2D eigenvalue weighted by Crippen LogP contribution is 2.27. The number of nitrogens with zero attached hydrogens (tertiary/aromatic N) is 5. The van der Waals surface area contributed by atoms with Crippen molar-refractivity contribution >= 4 is 39.9 Å². The van der Waals surface area contributed by atoms with E-state index in [1.165, 1.54) is 23.0 Å². The Morgan fingerprint density at radius 3 is 2.72 bits per heavy atom. The van der Waals surface area contributed by atoms with E-state index in [-0.39, 0.29) is 22.0 Å². The van der Waals surface area contributed by atoms with Gasteiger partial charge in [0.2, 0.25) is 0 Å². The molecule has 0 atom stereocenters. The number of benzene rings is 2. The number of aromatic nitrogens is 3. The fraction of sp³-hybridized carbons (Fsp3) is 0.0909. The van der Waals surface area contributed by atoms with Crippen molar-refractivity contribution in [1.82, 2.24) is 14.8 Å². The minimum Gasteiger partial charge on any atom is -0.305 e. The van der Waals surface area contributed by atoms with Crippen molar-refractivity contribution in [2.24, 2.45) is 0 Å². The number of carbonyl (C=O) groups is 1. The van der Waals surface area contributed by atoms with E-state index in [4.69, 9.17) is 11.6 Å². The van der Waals surface area contributed by atoms with Crippen molar-refractivity contribution in [2.45, 2.75) is 13.8 Å². The highest BCUT2D eigenvalue weighted by Gasteiger charge is 2.24. The first-order chi connectivity index (χ1) is 15.3. The second-order valence-electron chi connectivity index (χ2n) is 7.07. The van der Waals surface area contributed by atoms with Gasteiger partial charge in [0.05, 0.1) is 16.6 Å².